The van der Waals surface area contributed by atoms with Gasteiger partial charge in [-0.3, -0.25) is 9.59 Å². The van der Waals surface area contributed by atoms with Crippen molar-refractivity contribution in [3.05, 3.63) is 47.5 Å². The van der Waals surface area contributed by atoms with Crippen molar-refractivity contribution in [3.63, 3.8) is 0 Å². The third-order valence-electron chi connectivity index (χ3n) is 4.74. The SMILES string of the molecule is CC(C[PH+]=O)CC(C)(C)C.COc1cccc(OC)c1C(N)=O.COc1cccc(OC)c1C(N)=O. The zero-order valence-electron chi connectivity index (χ0n) is 22.5. The Kier molecular flexibility index (Phi) is 14.9. The number of carbonyl (C=O) groups excluding carboxylic acids is 2. The third kappa shape index (κ3) is 11.4. The van der Waals surface area contributed by atoms with Crippen molar-refractivity contribution in [1.29, 1.82) is 0 Å². The highest BCUT2D eigenvalue weighted by Crippen LogP contribution is 2.28. The Bertz CT molecular complexity index is 881. The van der Waals surface area contributed by atoms with Gasteiger partial charge in [-0.05, 0) is 36.1 Å². The Hall–Kier alpha value is -3.32. The van der Waals surface area contributed by atoms with E-state index in [-0.39, 0.29) is 19.6 Å². The molecule has 9 nitrogen and oxygen atoms in total. The first-order valence-corrected chi connectivity index (χ1v) is 12.3. The zero-order valence-corrected chi connectivity index (χ0v) is 23.5. The number of amides is 2. The van der Waals surface area contributed by atoms with Crippen LogP contribution in [0, 0.1) is 11.3 Å². The molecule has 0 saturated carbocycles. The van der Waals surface area contributed by atoms with Crippen LogP contribution in [0.1, 0.15) is 54.8 Å². The van der Waals surface area contributed by atoms with E-state index >= 15 is 0 Å². The molecule has 0 aromatic heterocycles. The van der Waals surface area contributed by atoms with E-state index in [1.165, 1.54) is 34.9 Å². The first-order chi connectivity index (χ1) is 16.9. The molecule has 2 rings (SSSR count). The summed E-state index contributed by atoms with van der Waals surface area (Å²) in [6, 6.07) is 10.1. The first-order valence-electron chi connectivity index (χ1n) is 11.2. The number of hydrogen-bond acceptors (Lipinski definition) is 7. The molecule has 4 N–H and O–H groups in total. The Morgan fingerprint density at radius 3 is 1.28 bits per heavy atom. The van der Waals surface area contributed by atoms with Gasteiger partial charge in [-0.1, -0.05) is 44.4 Å². The summed E-state index contributed by atoms with van der Waals surface area (Å²) in [5, 5.41) is 0. The van der Waals surface area contributed by atoms with E-state index in [0.29, 0.717) is 34.3 Å². The Labute approximate surface area is 215 Å². The van der Waals surface area contributed by atoms with E-state index in [1.807, 2.05) is 0 Å². The fraction of sp³-hybridized carbons (Fsp3) is 0.462. The molecule has 2 atom stereocenters. The van der Waals surface area contributed by atoms with Crippen molar-refractivity contribution in [1.82, 2.24) is 0 Å². The second kappa shape index (κ2) is 16.4. The summed E-state index contributed by atoms with van der Waals surface area (Å²) in [4.78, 5) is 22.0. The molecule has 0 fully saturated rings. The lowest BCUT2D eigenvalue weighted by atomic mass is 9.86. The summed E-state index contributed by atoms with van der Waals surface area (Å²) in [5.41, 5.74) is 11.3. The van der Waals surface area contributed by atoms with E-state index in [9.17, 15) is 14.2 Å². The average Bonchev–Trinajstić information content (AvgIpc) is 2.82. The number of rotatable bonds is 9. The van der Waals surface area contributed by atoms with Crippen LogP contribution in [0.15, 0.2) is 36.4 Å². The highest BCUT2D eigenvalue weighted by molar-refractivity contribution is 7.23. The van der Waals surface area contributed by atoms with Crippen molar-refractivity contribution < 1.29 is 33.1 Å². The fourth-order valence-electron chi connectivity index (χ4n) is 3.45. The van der Waals surface area contributed by atoms with Gasteiger partial charge in [0.1, 0.15) is 40.3 Å². The van der Waals surface area contributed by atoms with Crippen LogP contribution in [0.5, 0.6) is 23.0 Å². The molecule has 0 heterocycles. The van der Waals surface area contributed by atoms with Gasteiger partial charge in [0, 0.05) is 5.92 Å². The maximum atomic E-state index is 11.0. The molecule has 0 saturated heterocycles. The van der Waals surface area contributed by atoms with Gasteiger partial charge in [0.15, 0.2) is 0 Å². The first kappa shape index (κ1) is 32.7. The summed E-state index contributed by atoms with van der Waals surface area (Å²) in [5.74, 6) is 1.18. The predicted molar refractivity (Wildman–Crippen MR) is 143 cm³/mol. The van der Waals surface area contributed by atoms with E-state index in [2.05, 4.69) is 27.7 Å². The minimum Gasteiger partial charge on any atom is -0.496 e. The second-order valence-electron chi connectivity index (χ2n) is 9.02. The van der Waals surface area contributed by atoms with Crippen LogP contribution < -0.4 is 30.4 Å². The number of hydrogen-bond donors (Lipinski definition) is 2. The molecule has 0 aliphatic carbocycles. The number of primary amides is 2. The predicted octanol–water partition coefficient (Wildman–Crippen LogP) is 4.69. The topological polar surface area (TPSA) is 140 Å². The Morgan fingerprint density at radius 2 is 1.08 bits per heavy atom. The highest BCUT2D eigenvalue weighted by atomic mass is 31.1. The maximum Gasteiger partial charge on any atom is 0.325 e. The molecular weight excluding hydrogens is 483 g/mol. The van der Waals surface area contributed by atoms with Crippen LogP contribution >= 0.6 is 8.46 Å². The van der Waals surface area contributed by atoms with Crippen LogP contribution in [0.4, 0.5) is 0 Å². The van der Waals surface area contributed by atoms with Gasteiger partial charge in [0.2, 0.25) is 0 Å². The summed E-state index contributed by atoms with van der Waals surface area (Å²) in [7, 11) is 5.77. The van der Waals surface area contributed by atoms with Gasteiger partial charge in [-0.15, -0.1) is 0 Å². The molecule has 2 aromatic rings. The number of benzene rings is 2. The number of carbonyl (C=O) groups is 2. The van der Waals surface area contributed by atoms with Crippen LogP contribution in [0.25, 0.3) is 0 Å². The molecule has 0 aliphatic heterocycles. The van der Waals surface area contributed by atoms with E-state index in [4.69, 9.17) is 30.4 Å². The molecule has 0 bridgehead atoms. The lowest BCUT2D eigenvalue weighted by Gasteiger charge is -2.20. The second-order valence-corrected chi connectivity index (χ2v) is 9.72. The summed E-state index contributed by atoms with van der Waals surface area (Å²) >= 11 is 0. The van der Waals surface area contributed by atoms with Gasteiger partial charge in [-0.25, -0.2) is 0 Å². The Balaban J connectivity index is 0.000000517. The molecule has 0 spiro atoms. The standard InChI is InChI=1S/2C9H11NO3.C8H17OP/c2*1-12-6-4-3-5-7(13-2)8(6)9(10)11;1-7(6-10-9)5-8(2,3)4/h2*3-5H,1-2H3,(H2,10,11);7H,5-6H2,1-4H3/p+1. The molecule has 36 heavy (non-hydrogen) atoms. The minimum atomic E-state index is -0.561. The molecular formula is C26H40N2O7P+. The van der Waals surface area contributed by atoms with Gasteiger partial charge in [0.05, 0.1) is 28.4 Å². The van der Waals surface area contributed by atoms with E-state index in [1.54, 1.807) is 36.4 Å². The highest BCUT2D eigenvalue weighted by Gasteiger charge is 2.17. The van der Waals surface area contributed by atoms with Gasteiger partial charge in [-0.2, -0.15) is 0 Å². The molecule has 200 valence electrons. The van der Waals surface area contributed by atoms with Crippen molar-refractivity contribution in [2.75, 3.05) is 34.6 Å². The number of methoxy groups -OCH3 is 4. The lowest BCUT2D eigenvalue weighted by molar-refractivity contribution is 0.0985. The van der Waals surface area contributed by atoms with Crippen molar-refractivity contribution in [2.24, 2.45) is 22.8 Å². The molecule has 2 unspecified atom stereocenters. The number of ether oxygens (including phenoxy) is 4. The third-order valence-corrected chi connectivity index (χ3v) is 5.60. The van der Waals surface area contributed by atoms with Crippen molar-refractivity contribution in [3.8, 4) is 23.0 Å². The van der Waals surface area contributed by atoms with Crippen molar-refractivity contribution >= 4 is 20.3 Å². The lowest BCUT2D eigenvalue weighted by Crippen LogP contribution is -2.13. The number of nitrogens with two attached hydrogens (primary N) is 2. The maximum absolute atomic E-state index is 11.0. The molecule has 0 aliphatic rings. The normalized spacial score (nSPS) is 11.1. The monoisotopic (exact) mass is 523 g/mol. The quantitative estimate of drug-likeness (QED) is 0.454. The summed E-state index contributed by atoms with van der Waals surface area (Å²) in [6.45, 7) is 8.82. The van der Waals surface area contributed by atoms with Crippen LogP contribution in [0.3, 0.4) is 0 Å². The zero-order chi connectivity index (χ0) is 27.9. The van der Waals surface area contributed by atoms with Crippen LogP contribution in [-0.4, -0.2) is 46.4 Å². The smallest absolute Gasteiger partial charge is 0.325 e. The molecule has 2 amide bonds. The summed E-state index contributed by atoms with van der Waals surface area (Å²) in [6.07, 6.45) is 2.03. The molecule has 10 heteroatoms. The van der Waals surface area contributed by atoms with Gasteiger partial charge in [0.25, 0.3) is 11.8 Å². The summed E-state index contributed by atoms with van der Waals surface area (Å²) < 4.78 is 30.1. The minimum absolute atomic E-state index is 0.126. The van der Waals surface area contributed by atoms with E-state index in [0.717, 1.165) is 6.16 Å². The van der Waals surface area contributed by atoms with Crippen LogP contribution in [-0.2, 0) is 4.57 Å². The van der Waals surface area contributed by atoms with E-state index < -0.39 is 11.8 Å². The fourth-order valence-corrected chi connectivity index (χ4v) is 3.88. The molecule has 2 aromatic carbocycles. The van der Waals surface area contributed by atoms with Gasteiger partial charge >= 0.3 is 8.46 Å². The Morgan fingerprint density at radius 1 is 0.778 bits per heavy atom. The molecule has 0 radical (unpaired) electrons. The average molecular weight is 524 g/mol. The largest absolute Gasteiger partial charge is 0.496 e. The van der Waals surface area contributed by atoms with Gasteiger partial charge < -0.3 is 30.4 Å². The van der Waals surface area contributed by atoms with Crippen LogP contribution in [0.2, 0.25) is 0 Å². The van der Waals surface area contributed by atoms with Crippen molar-refractivity contribution in [2.45, 2.75) is 34.1 Å².